The zero-order valence-electron chi connectivity index (χ0n) is 17.5. The van der Waals surface area contributed by atoms with Gasteiger partial charge in [-0.05, 0) is 70.0 Å². The molecule has 0 saturated heterocycles. The summed E-state index contributed by atoms with van der Waals surface area (Å²) in [5, 5.41) is 3.13. The van der Waals surface area contributed by atoms with E-state index in [0.717, 1.165) is 22.6 Å². The highest BCUT2D eigenvalue weighted by atomic mass is 16.5. The van der Waals surface area contributed by atoms with E-state index in [1.165, 1.54) is 5.56 Å². The fraction of sp³-hybridized carbons (Fsp3) is 0.435. The van der Waals surface area contributed by atoms with Crippen LogP contribution in [-0.2, 0) is 4.79 Å². The van der Waals surface area contributed by atoms with E-state index in [0.29, 0.717) is 12.2 Å². The lowest BCUT2D eigenvalue weighted by molar-refractivity contribution is -0.128. The quantitative estimate of drug-likeness (QED) is 0.826. The van der Waals surface area contributed by atoms with Crippen LogP contribution in [0.3, 0.4) is 0 Å². The largest absolute Gasteiger partial charge is 0.497 e. The second kappa shape index (κ2) is 7.74. The van der Waals surface area contributed by atoms with Gasteiger partial charge in [-0.1, -0.05) is 6.07 Å². The number of amides is 1. The summed E-state index contributed by atoms with van der Waals surface area (Å²) in [4.78, 5) is 12.8. The van der Waals surface area contributed by atoms with Gasteiger partial charge in [-0.2, -0.15) is 0 Å². The first-order valence-electron chi connectivity index (χ1n) is 9.60. The van der Waals surface area contributed by atoms with Crippen molar-refractivity contribution < 1.29 is 19.0 Å². The summed E-state index contributed by atoms with van der Waals surface area (Å²) in [6, 6.07) is 11.4. The SMILES string of the molecule is COc1ccc2c(c1)OC(C)(C)CC2NC(=O)C(C)Oc1ccc(C)c(C)c1. The van der Waals surface area contributed by atoms with Gasteiger partial charge in [-0.3, -0.25) is 4.79 Å². The van der Waals surface area contributed by atoms with Crippen LogP contribution in [0, 0.1) is 13.8 Å². The second-order valence-corrected chi connectivity index (χ2v) is 8.04. The smallest absolute Gasteiger partial charge is 0.261 e. The summed E-state index contributed by atoms with van der Waals surface area (Å²) >= 11 is 0. The Kier molecular flexibility index (Phi) is 5.54. The molecular formula is C23H29NO4. The van der Waals surface area contributed by atoms with E-state index in [9.17, 15) is 4.79 Å². The van der Waals surface area contributed by atoms with Gasteiger partial charge >= 0.3 is 0 Å². The number of methoxy groups -OCH3 is 1. The van der Waals surface area contributed by atoms with E-state index >= 15 is 0 Å². The molecule has 0 spiro atoms. The molecule has 0 radical (unpaired) electrons. The molecule has 0 aliphatic carbocycles. The average Bonchev–Trinajstić information content (AvgIpc) is 2.63. The van der Waals surface area contributed by atoms with E-state index < -0.39 is 11.7 Å². The molecule has 0 bridgehead atoms. The summed E-state index contributed by atoms with van der Waals surface area (Å²) < 4.78 is 17.3. The predicted octanol–water partition coefficient (Wildman–Crippen LogP) is 4.50. The van der Waals surface area contributed by atoms with Crippen LogP contribution in [0.2, 0.25) is 0 Å². The van der Waals surface area contributed by atoms with Gasteiger partial charge in [0.1, 0.15) is 22.8 Å². The average molecular weight is 383 g/mol. The van der Waals surface area contributed by atoms with Gasteiger partial charge in [0.25, 0.3) is 5.91 Å². The molecule has 0 aromatic heterocycles. The summed E-state index contributed by atoms with van der Waals surface area (Å²) in [5.74, 6) is 2.02. The van der Waals surface area contributed by atoms with E-state index in [1.54, 1.807) is 14.0 Å². The lowest BCUT2D eigenvalue weighted by atomic mass is 9.89. The fourth-order valence-corrected chi connectivity index (χ4v) is 3.42. The van der Waals surface area contributed by atoms with Gasteiger partial charge in [0.2, 0.25) is 0 Å². The third-order valence-electron chi connectivity index (χ3n) is 5.16. The van der Waals surface area contributed by atoms with Crippen molar-refractivity contribution >= 4 is 5.91 Å². The fourth-order valence-electron chi connectivity index (χ4n) is 3.42. The van der Waals surface area contributed by atoms with Crippen LogP contribution in [0.1, 0.15) is 49.9 Å². The van der Waals surface area contributed by atoms with E-state index in [-0.39, 0.29) is 11.9 Å². The molecule has 1 N–H and O–H groups in total. The molecule has 1 heterocycles. The number of fused-ring (bicyclic) bond motifs is 1. The minimum absolute atomic E-state index is 0.150. The molecule has 3 rings (SSSR count). The van der Waals surface area contributed by atoms with Gasteiger partial charge in [-0.15, -0.1) is 0 Å². The topological polar surface area (TPSA) is 56.8 Å². The molecule has 2 atom stereocenters. The first-order chi connectivity index (χ1) is 13.2. The number of aryl methyl sites for hydroxylation is 2. The Morgan fingerprint density at radius 1 is 1.14 bits per heavy atom. The van der Waals surface area contributed by atoms with Crippen LogP contribution in [0.15, 0.2) is 36.4 Å². The molecule has 1 amide bonds. The van der Waals surface area contributed by atoms with Crippen molar-refractivity contribution in [3.8, 4) is 17.2 Å². The highest BCUT2D eigenvalue weighted by molar-refractivity contribution is 5.81. The van der Waals surface area contributed by atoms with Crippen molar-refractivity contribution in [3.05, 3.63) is 53.1 Å². The third kappa shape index (κ3) is 4.41. The number of nitrogens with one attached hydrogen (secondary N) is 1. The number of ether oxygens (including phenoxy) is 3. The van der Waals surface area contributed by atoms with Crippen LogP contribution in [0.4, 0.5) is 0 Å². The predicted molar refractivity (Wildman–Crippen MR) is 109 cm³/mol. The number of hydrogen-bond donors (Lipinski definition) is 1. The number of carbonyl (C=O) groups excluding carboxylic acids is 1. The first-order valence-corrected chi connectivity index (χ1v) is 9.60. The molecule has 2 aromatic carbocycles. The summed E-state index contributed by atoms with van der Waals surface area (Å²) in [6.45, 7) is 9.88. The van der Waals surface area contributed by atoms with Gasteiger partial charge in [0, 0.05) is 18.1 Å². The van der Waals surface area contributed by atoms with Crippen molar-refractivity contribution in [1.29, 1.82) is 0 Å². The number of hydrogen-bond acceptors (Lipinski definition) is 4. The maximum absolute atomic E-state index is 12.8. The number of carbonyl (C=O) groups is 1. The first kappa shape index (κ1) is 20.1. The lowest BCUT2D eigenvalue weighted by Gasteiger charge is -2.38. The van der Waals surface area contributed by atoms with Crippen molar-refractivity contribution in [1.82, 2.24) is 5.32 Å². The molecule has 28 heavy (non-hydrogen) atoms. The monoisotopic (exact) mass is 383 g/mol. The third-order valence-corrected chi connectivity index (χ3v) is 5.16. The van der Waals surface area contributed by atoms with Gasteiger partial charge < -0.3 is 19.5 Å². The minimum atomic E-state index is -0.602. The standard InChI is InChI=1S/C23H29NO4/c1-14-7-8-18(11-15(14)2)27-16(3)22(25)24-20-13-23(4,5)28-21-12-17(26-6)9-10-19(20)21/h7-12,16,20H,13H2,1-6H3,(H,24,25). The molecule has 0 saturated carbocycles. The summed E-state index contributed by atoms with van der Waals surface area (Å²) in [6.07, 6.45) is 0.0730. The zero-order chi connectivity index (χ0) is 20.5. The maximum Gasteiger partial charge on any atom is 0.261 e. The Balaban J connectivity index is 1.74. The Morgan fingerprint density at radius 2 is 1.86 bits per heavy atom. The normalized spacial score (nSPS) is 18.4. The Bertz CT molecular complexity index is 875. The lowest BCUT2D eigenvalue weighted by Crippen LogP contribution is -2.44. The van der Waals surface area contributed by atoms with Crippen molar-refractivity contribution in [2.24, 2.45) is 0 Å². The van der Waals surface area contributed by atoms with Gasteiger partial charge in [-0.25, -0.2) is 0 Å². The maximum atomic E-state index is 12.8. The minimum Gasteiger partial charge on any atom is -0.497 e. The Hall–Kier alpha value is -2.69. The van der Waals surface area contributed by atoms with E-state index in [2.05, 4.69) is 12.2 Å². The van der Waals surface area contributed by atoms with Crippen LogP contribution < -0.4 is 19.5 Å². The molecule has 2 unspecified atom stereocenters. The van der Waals surface area contributed by atoms with E-state index in [4.69, 9.17) is 14.2 Å². The molecule has 0 fully saturated rings. The van der Waals surface area contributed by atoms with Gasteiger partial charge in [0.05, 0.1) is 13.2 Å². The van der Waals surface area contributed by atoms with Crippen molar-refractivity contribution in [2.75, 3.05) is 7.11 Å². The highest BCUT2D eigenvalue weighted by Crippen LogP contribution is 2.41. The van der Waals surface area contributed by atoms with Crippen LogP contribution in [-0.4, -0.2) is 24.7 Å². The van der Waals surface area contributed by atoms with Crippen molar-refractivity contribution in [3.63, 3.8) is 0 Å². The molecule has 5 nitrogen and oxygen atoms in total. The molecule has 5 heteroatoms. The van der Waals surface area contributed by atoms with E-state index in [1.807, 2.05) is 57.2 Å². The van der Waals surface area contributed by atoms with Gasteiger partial charge in [0.15, 0.2) is 6.10 Å². The van der Waals surface area contributed by atoms with Crippen LogP contribution in [0.25, 0.3) is 0 Å². The molecular weight excluding hydrogens is 354 g/mol. The Labute approximate surface area is 167 Å². The van der Waals surface area contributed by atoms with Crippen LogP contribution >= 0.6 is 0 Å². The van der Waals surface area contributed by atoms with Crippen LogP contribution in [0.5, 0.6) is 17.2 Å². The Morgan fingerprint density at radius 3 is 2.54 bits per heavy atom. The highest BCUT2D eigenvalue weighted by Gasteiger charge is 2.35. The molecule has 1 aliphatic rings. The number of benzene rings is 2. The molecule has 150 valence electrons. The van der Waals surface area contributed by atoms with Crippen molar-refractivity contribution in [2.45, 2.75) is 58.8 Å². The summed E-state index contributed by atoms with van der Waals surface area (Å²) in [5.41, 5.74) is 2.89. The molecule has 2 aromatic rings. The summed E-state index contributed by atoms with van der Waals surface area (Å²) in [7, 11) is 1.63. The zero-order valence-corrected chi connectivity index (χ0v) is 17.5. The molecule has 1 aliphatic heterocycles. The number of rotatable bonds is 5. The second-order valence-electron chi connectivity index (χ2n) is 8.04.